The van der Waals surface area contributed by atoms with Crippen LogP contribution in [0, 0.1) is 3.82 Å². The highest BCUT2D eigenvalue weighted by molar-refractivity contribution is 9.10. The molecule has 0 spiro atoms. The predicted molar refractivity (Wildman–Crippen MR) is 134 cm³/mol. The summed E-state index contributed by atoms with van der Waals surface area (Å²) in [7, 11) is 3.20. The summed E-state index contributed by atoms with van der Waals surface area (Å²) < 4.78 is 7.19. The number of carbonyl (C=O) groups is 1. The van der Waals surface area contributed by atoms with E-state index in [4.69, 9.17) is 17.0 Å². The lowest BCUT2D eigenvalue weighted by molar-refractivity contribution is 0.179. The molecule has 0 fully saturated rings. The van der Waals surface area contributed by atoms with Crippen molar-refractivity contribution in [1.29, 1.82) is 0 Å². The van der Waals surface area contributed by atoms with Gasteiger partial charge < -0.3 is 10.1 Å². The van der Waals surface area contributed by atoms with Crippen LogP contribution in [0.1, 0.15) is 0 Å². The largest absolute Gasteiger partial charge is 0.422 e. The second-order valence-electron chi connectivity index (χ2n) is 6.72. The third kappa shape index (κ3) is 4.29. The number of anilines is 1. The first-order valence-electron chi connectivity index (χ1n) is 9.49. The Hall–Kier alpha value is -2.73. The summed E-state index contributed by atoms with van der Waals surface area (Å²) in [5.41, 5.74) is 3.26. The predicted octanol–water partition coefficient (Wildman–Crippen LogP) is 6.19. The van der Waals surface area contributed by atoms with Gasteiger partial charge in [-0.3, -0.25) is 15.0 Å². The summed E-state index contributed by atoms with van der Waals surface area (Å²) in [4.78, 5) is 28.5. The summed E-state index contributed by atoms with van der Waals surface area (Å²) >= 11 is 8.76. The molecule has 5 rings (SSSR count). The van der Waals surface area contributed by atoms with Crippen molar-refractivity contribution in [1.82, 2.24) is 14.9 Å². The Kier molecular flexibility index (Phi) is 5.96. The van der Waals surface area contributed by atoms with E-state index >= 15 is 0 Å². The van der Waals surface area contributed by atoms with Crippen LogP contribution in [0.15, 0.2) is 64.3 Å². The van der Waals surface area contributed by atoms with Crippen LogP contribution < -0.4 is 10.1 Å². The van der Waals surface area contributed by atoms with Crippen LogP contribution >= 0.6 is 48.8 Å². The molecule has 2 aromatic carbocycles. The SMILES string of the molecule is O=C(Oc1ccc(-c2cc(=S)ss2)cc1)N1CCN=C1Nc1ccc2nccnc2c1Br. The highest BCUT2D eigenvalue weighted by Gasteiger charge is 2.26. The molecule has 7 nitrogen and oxygen atoms in total. The van der Waals surface area contributed by atoms with Gasteiger partial charge in [-0.05, 0) is 64.0 Å². The van der Waals surface area contributed by atoms with E-state index in [9.17, 15) is 4.79 Å². The molecule has 0 atom stereocenters. The summed E-state index contributed by atoms with van der Waals surface area (Å²) in [5, 5.41) is 3.20. The molecule has 4 aromatic rings. The highest BCUT2D eigenvalue weighted by atomic mass is 79.9. The summed E-state index contributed by atoms with van der Waals surface area (Å²) in [6.45, 7) is 0.923. The number of hydrogen-bond donors (Lipinski definition) is 1. The third-order valence-corrected chi connectivity index (χ3v) is 8.41. The van der Waals surface area contributed by atoms with Crippen LogP contribution in [0.4, 0.5) is 10.5 Å². The van der Waals surface area contributed by atoms with Gasteiger partial charge in [0.2, 0.25) is 5.96 Å². The molecule has 32 heavy (non-hydrogen) atoms. The fourth-order valence-corrected chi connectivity index (χ4v) is 6.11. The van der Waals surface area contributed by atoms with Gasteiger partial charge in [0, 0.05) is 17.3 Å². The lowest BCUT2D eigenvalue weighted by Gasteiger charge is -2.19. The topological polar surface area (TPSA) is 79.7 Å². The zero-order chi connectivity index (χ0) is 22.1. The molecule has 0 saturated carbocycles. The quantitative estimate of drug-likeness (QED) is 0.245. The molecular formula is C21H14BrN5O2S3. The maximum absolute atomic E-state index is 12.8. The molecule has 1 amide bonds. The van der Waals surface area contributed by atoms with Crippen molar-refractivity contribution >= 4 is 77.6 Å². The summed E-state index contributed by atoms with van der Waals surface area (Å²) in [6, 6.07) is 13.1. The Labute approximate surface area is 203 Å². The van der Waals surface area contributed by atoms with Crippen LogP contribution in [0.3, 0.4) is 0 Å². The Balaban J connectivity index is 1.30. The van der Waals surface area contributed by atoms with Gasteiger partial charge in [0.15, 0.2) is 0 Å². The maximum Gasteiger partial charge on any atom is 0.422 e. The molecule has 0 bridgehead atoms. The minimum atomic E-state index is -0.496. The van der Waals surface area contributed by atoms with Gasteiger partial charge in [-0.25, -0.2) is 9.69 Å². The minimum absolute atomic E-state index is 0.425. The van der Waals surface area contributed by atoms with Crippen molar-refractivity contribution in [2.75, 3.05) is 18.4 Å². The lowest BCUT2D eigenvalue weighted by atomic mass is 10.2. The Morgan fingerprint density at radius 2 is 1.94 bits per heavy atom. The number of benzene rings is 2. The molecule has 3 heterocycles. The van der Waals surface area contributed by atoms with Gasteiger partial charge in [0.25, 0.3) is 0 Å². The lowest BCUT2D eigenvalue weighted by Crippen LogP contribution is -2.40. The maximum atomic E-state index is 12.8. The Morgan fingerprint density at radius 1 is 1.12 bits per heavy atom. The molecular weight excluding hydrogens is 530 g/mol. The minimum Gasteiger partial charge on any atom is -0.410 e. The number of nitrogens with zero attached hydrogens (tertiary/aromatic N) is 4. The van der Waals surface area contributed by atoms with Crippen LogP contribution in [-0.2, 0) is 0 Å². The van der Waals surface area contributed by atoms with Crippen molar-refractivity contribution in [2.45, 2.75) is 0 Å². The number of guanidine groups is 1. The molecule has 0 aliphatic carbocycles. The fourth-order valence-electron chi connectivity index (χ4n) is 3.17. The van der Waals surface area contributed by atoms with Gasteiger partial charge in [-0.2, -0.15) is 0 Å². The van der Waals surface area contributed by atoms with Gasteiger partial charge in [-0.15, -0.1) is 0 Å². The van der Waals surface area contributed by atoms with Crippen LogP contribution in [0.5, 0.6) is 5.75 Å². The van der Waals surface area contributed by atoms with Crippen LogP contribution in [0.2, 0.25) is 0 Å². The smallest absolute Gasteiger partial charge is 0.410 e. The molecule has 0 saturated heterocycles. The van der Waals surface area contributed by atoms with Crippen molar-refractivity contribution in [3.8, 4) is 16.2 Å². The molecule has 160 valence electrons. The van der Waals surface area contributed by atoms with Gasteiger partial charge >= 0.3 is 6.09 Å². The number of halogens is 1. The van der Waals surface area contributed by atoms with Crippen molar-refractivity contribution < 1.29 is 9.53 Å². The van der Waals surface area contributed by atoms with Crippen molar-refractivity contribution in [3.05, 3.63) is 63.2 Å². The molecule has 2 aromatic heterocycles. The van der Waals surface area contributed by atoms with E-state index in [2.05, 4.69) is 36.2 Å². The number of ether oxygens (including phenoxy) is 1. The highest BCUT2D eigenvalue weighted by Crippen LogP contribution is 2.31. The Bertz CT molecular complexity index is 1400. The molecule has 0 radical (unpaired) electrons. The molecule has 0 unspecified atom stereocenters. The van der Waals surface area contributed by atoms with Crippen LogP contribution in [0.25, 0.3) is 21.5 Å². The summed E-state index contributed by atoms with van der Waals surface area (Å²) in [5.74, 6) is 0.889. The second-order valence-corrected chi connectivity index (χ2v) is 10.4. The standard InChI is InChI=1S/C21H14BrN5O2S3/c22-18-14(5-6-15-19(18)24-8-7-23-15)26-20-25-9-10-27(20)21(28)29-13-3-1-12(2-4-13)16-11-17(30)32-31-16/h1-8,11H,9-10H2,(H,25,26). The van der Waals surface area contributed by atoms with E-state index in [1.54, 1.807) is 45.2 Å². The van der Waals surface area contributed by atoms with E-state index in [1.165, 1.54) is 4.90 Å². The average Bonchev–Trinajstić information content (AvgIpc) is 3.45. The summed E-state index contributed by atoms with van der Waals surface area (Å²) in [6.07, 6.45) is 2.78. The van der Waals surface area contributed by atoms with Crippen molar-refractivity contribution in [2.24, 2.45) is 4.99 Å². The van der Waals surface area contributed by atoms with E-state index in [0.717, 1.165) is 35.5 Å². The molecule has 1 N–H and O–H groups in total. The van der Waals surface area contributed by atoms with Gasteiger partial charge in [0.05, 0.1) is 28.8 Å². The first kappa shape index (κ1) is 21.1. The average molecular weight is 544 g/mol. The fraction of sp³-hybridized carbons (Fsp3) is 0.0952. The van der Waals surface area contributed by atoms with Crippen molar-refractivity contribution in [3.63, 3.8) is 0 Å². The second kappa shape index (κ2) is 9.02. The zero-order valence-corrected chi connectivity index (χ0v) is 20.4. The number of aliphatic imine (C=N–C) groups is 1. The number of aromatic nitrogens is 2. The zero-order valence-electron chi connectivity index (χ0n) is 16.3. The number of rotatable bonds is 3. The first-order chi connectivity index (χ1) is 15.6. The van der Waals surface area contributed by atoms with E-state index in [0.29, 0.717) is 24.8 Å². The van der Waals surface area contributed by atoms with E-state index < -0.39 is 6.09 Å². The number of amides is 1. The molecule has 1 aliphatic rings. The van der Waals surface area contributed by atoms with Gasteiger partial charge in [-0.1, -0.05) is 32.9 Å². The number of hydrogen-bond acceptors (Lipinski definition) is 9. The number of nitrogens with one attached hydrogen (secondary N) is 1. The Morgan fingerprint density at radius 3 is 2.72 bits per heavy atom. The third-order valence-electron chi connectivity index (χ3n) is 4.69. The number of fused-ring (bicyclic) bond motifs is 1. The van der Waals surface area contributed by atoms with E-state index in [1.807, 2.05) is 30.3 Å². The monoisotopic (exact) mass is 543 g/mol. The molecule has 11 heteroatoms. The molecule has 1 aliphatic heterocycles. The normalized spacial score (nSPS) is 13.3. The number of carbonyl (C=O) groups excluding carboxylic acids is 1. The first-order valence-corrected chi connectivity index (χ1v) is 12.8. The van der Waals surface area contributed by atoms with E-state index in [-0.39, 0.29) is 0 Å². The van der Waals surface area contributed by atoms with Crippen LogP contribution in [-0.4, -0.2) is 40.0 Å². The van der Waals surface area contributed by atoms with Gasteiger partial charge in [0.1, 0.15) is 15.1 Å².